The molecule has 14 heavy (non-hydrogen) atoms. The Bertz CT molecular complexity index is 306. The zero-order chi connectivity index (χ0) is 11.2. The maximum absolute atomic E-state index is 11.2. The van der Waals surface area contributed by atoms with Crippen molar-refractivity contribution in [2.24, 2.45) is 0 Å². The molecule has 1 amide bonds. The second-order valence-electron chi connectivity index (χ2n) is 3.12. The molecule has 0 fully saturated rings. The van der Waals surface area contributed by atoms with Crippen molar-refractivity contribution >= 4 is 15.7 Å². The van der Waals surface area contributed by atoms with Crippen LogP contribution in [-0.2, 0) is 14.6 Å². The highest BCUT2D eigenvalue weighted by molar-refractivity contribution is 7.92. The van der Waals surface area contributed by atoms with E-state index in [1.807, 2.05) is 19.1 Å². The molecule has 0 aliphatic heterocycles. The van der Waals surface area contributed by atoms with Crippen LogP contribution in [-0.4, -0.2) is 32.4 Å². The molecule has 1 unspecified atom stereocenters. The maximum Gasteiger partial charge on any atom is 0.238 e. The summed E-state index contributed by atoms with van der Waals surface area (Å²) < 4.78 is 22.0. The molecule has 0 aliphatic carbocycles. The maximum atomic E-state index is 11.2. The van der Waals surface area contributed by atoms with Crippen molar-refractivity contribution in [2.75, 3.05) is 12.8 Å². The zero-order valence-corrected chi connectivity index (χ0v) is 9.60. The number of carbonyl (C=O) groups excluding carboxylic acids is 1. The molecule has 0 heterocycles. The fraction of sp³-hybridized carbons (Fsp3) is 0.667. The number of nitrogens with one attached hydrogen (secondary N) is 1. The average molecular weight is 219 g/mol. The van der Waals surface area contributed by atoms with Crippen LogP contribution in [0.25, 0.3) is 0 Å². The standard InChI is InChI=1S/C9H17NO3S/c1-4-5-6-7-10-9(11)8(2)14(3,12)13/h4-5,8H,6-7H2,1-3H3,(H,10,11)/b5-4+. The molecule has 0 saturated carbocycles. The van der Waals surface area contributed by atoms with Gasteiger partial charge in [0.15, 0.2) is 9.84 Å². The highest BCUT2D eigenvalue weighted by Gasteiger charge is 2.22. The van der Waals surface area contributed by atoms with Crippen molar-refractivity contribution in [1.29, 1.82) is 0 Å². The Morgan fingerprint density at radius 3 is 2.50 bits per heavy atom. The Labute approximate surface area is 85.3 Å². The number of sulfone groups is 1. The van der Waals surface area contributed by atoms with Crippen LogP contribution in [0.1, 0.15) is 20.3 Å². The lowest BCUT2D eigenvalue weighted by Gasteiger charge is -2.09. The number of rotatable bonds is 5. The van der Waals surface area contributed by atoms with Gasteiger partial charge in [-0.3, -0.25) is 4.79 Å². The summed E-state index contributed by atoms with van der Waals surface area (Å²) in [5.41, 5.74) is 0. The van der Waals surface area contributed by atoms with Gasteiger partial charge < -0.3 is 5.32 Å². The van der Waals surface area contributed by atoms with Crippen LogP contribution >= 0.6 is 0 Å². The predicted molar refractivity (Wildman–Crippen MR) is 56.7 cm³/mol. The first kappa shape index (κ1) is 13.2. The van der Waals surface area contributed by atoms with Gasteiger partial charge in [-0.15, -0.1) is 0 Å². The van der Waals surface area contributed by atoms with E-state index in [2.05, 4.69) is 5.32 Å². The summed E-state index contributed by atoms with van der Waals surface area (Å²) in [6.45, 7) is 3.75. The molecule has 4 nitrogen and oxygen atoms in total. The molecule has 1 atom stereocenters. The minimum absolute atomic E-state index is 0.433. The van der Waals surface area contributed by atoms with Crippen molar-refractivity contribution in [1.82, 2.24) is 5.32 Å². The molecule has 0 aromatic rings. The van der Waals surface area contributed by atoms with Crippen molar-refractivity contribution in [2.45, 2.75) is 25.5 Å². The first-order valence-electron chi connectivity index (χ1n) is 4.47. The Morgan fingerprint density at radius 1 is 1.50 bits per heavy atom. The van der Waals surface area contributed by atoms with E-state index in [4.69, 9.17) is 0 Å². The quantitative estimate of drug-likeness (QED) is 0.541. The zero-order valence-electron chi connectivity index (χ0n) is 8.78. The largest absolute Gasteiger partial charge is 0.355 e. The van der Waals surface area contributed by atoms with Crippen LogP contribution in [0.3, 0.4) is 0 Å². The first-order chi connectivity index (χ1) is 6.39. The average Bonchev–Trinajstić information content (AvgIpc) is 2.09. The van der Waals surface area contributed by atoms with Crippen LogP contribution in [0.2, 0.25) is 0 Å². The van der Waals surface area contributed by atoms with Crippen molar-refractivity contribution in [3.63, 3.8) is 0 Å². The summed E-state index contributed by atoms with van der Waals surface area (Å²) in [5.74, 6) is -0.433. The molecule has 0 aliphatic rings. The molecule has 0 bridgehead atoms. The summed E-state index contributed by atoms with van der Waals surface area (Å²) >= 11 is 0. The van der Waals surface area contributed by atoms with E-state index in [0.717, 1.165) is 12.7 Å². The van der Waals surface area contributed by atoms with Crippen LogP contribution < -0.4 is 5.32 Å². The fourth-order valence-electron chi connectivity index (χ4n) is 0.784. The Morgan fingerprint density at radius 2 is 2.07 bits per heavy atom. The van der Waals surface area contributed by atoms with E-state index in [9.17, 15) is 13.2 Å². The number of amides is 1. The lowest BCUT2D eigenvalue weighted by atomic mass is 10.3. The molecule has 5 heteroatoms. The smallest absolute Gasteiger partial charge is 0.238 e. The Kier molecular flexibility index (Phi) is 5.45. The minimum Gasteiger partial charge on any atom is -0.355 e. The summed E-state index contributed by atoms with van der Waals surface area (Å²) in [5, 5.41) is 1.59. The second-order valence-corrected chi connectivity index (χ2v) is 5.49. The topological polar surface area (TPSA) is 63.2 Å². The van der Waals surface area contributed by atoms with Crippen molar-refractivity contribution in [3.8, 4) is 0 Å². The van der Waals surface area contributed by atoms with E-state index >= 15 is 0 Å². The third-order valence-electron chi connectivity index (χ3n) is 1.86. The molecule has 0 saturated heterocycles. The lowest BCUT2D eigenvalue weighted by molar-refractivity contribution is -0.120. The summed E-state index contributed by atoms with van der Waals surface area (Å²) in [6.07, 6.45) is 5.57. The van der Waals surface area contributed by atoms with Crippen LogP contribution in [0, 0.1) is 0 Å². The number of hydrogen-bond donors (Lipinski definition) is 1. The van der Waals surface area contributed by atoms with Crippen LogP contribution in [0.15, 0.2) is 12.2 Å². The van der Waals surface area contributed by atoms with E-state index in [1.165, 1.54) is 6.92 Å². The van der Waals surface area contributed by atoms with E-state index in [0.29, 0.717) is 6.54 Å². The highest BCUT2D eigenvalue weighted by Crippen LogP contribution is 1.97. The van der Waals surface area contributed by atoms with Gasteiger partial charge in [0.2, 0.25) is 5.91 Å². The van der Waals surface area contributed by atoms with Crippen molar-refractivity contribution < 1.29 is 13.2 Å². The summed E-state index contributed by atoms with van der Waals surface area (Å²) in [6, 6.07) is 0. The van der Waals surface area contributed by atoms with Gasteiger partial charge in [-0.25, -0.2) is 8.42 Å². The van der Waals surface area contributed by atoms with Gasteiger partial charge in [0.25, 0.3) is 0 Å². The van der Waals surface area contributed by atoms with E-state index in [1.54, 1.807) is 0 Å². The van der Waals surface area contributed by atoms with Crippen LogP contribution in [0.5, 0.6) is 0 Å². The van der Waals surface area contributed by atoms with Gasteiger partial charge in [-0.05, 0) is 20.3 Å². The summed E-state index contributed by atoms with van der Waals surface area (Å²) in [7, 11) is -3.27. The lowest BCUT2D eigenvalue weighted by Crippen LogP contribution is -2.37. The minimum atomic E-state index is -3.27. The van der Waals surface area contributed by atoms with E-state index in [-0.39, 0.29) is 0 Å². The number of carbonyl (C=O) groups is 1. The molecule has 0 aromatic carbocycles. The van der Waals surface area contributed by atoms with Gasteiger partial charge in [-0.1, -0.05) is 12.2 Å². The number of hydrogen-bond acceptors (Lipinski definition) is 3. The fourth-order valence-corrected chi connectivity index (χ4v) is 1.26. The normalized spacial score (nSPS) is 14.2. The van der Waals surface area contributed by atoms with Crippen molar-refractivity contribution in [3.05, 3.63) is 12.2 Å². The van der Waals surface area contributed by atoms with Gasteiger partial charge in [0, 0.05) is 12.8 Å². The summed E-state index contributed by atoms with van der Waals surface area (Å²) in [4.78, 5) is 11.2. The van der Waals surface area contributed by atoms with Gasteiger partial charge in [0.05, 0.1) is 0 Å². The van der Waals surface area contributed by atoms with Gasteiger partial charge >= 0.3 is 0 Å². The van der Waals surface area contributed by atoms with E-state index < -0.39 is 21.0 Å². The van der Waals surface area contributed by atoms with Gasteiger partial charge in [0.1, 0.15) is 5.25 Å². The molecule has 0 spiro atoms. The Balaban J connectivity index is 3.98. The molecular weight excluding hydrogens is 202 g/mol. The molecular formula is C9H17NO3S. The van der Waals surface area contributed by atoms with Gasteiger partial charge in [-0.2, -0.15) is 0 Å². The first-order valence-corrected chi connectivity index (χ1v) is 6.42. The SMILES string of the molecule is C/C=C/CCNC(=O)C(C)S(C)(=O)=O. The molecule has 1 N–H and O–H groups in total. The second kappa shape index (κ2) is 5.80. The molecule has 0 rings (SSSR count). The third-order valence-corrected chi connectivity index (χ3v) is 3.36. The Hall–Kier alpha value is -0.840. The van der Waals surface area contributed by atoms with Crippen LogP contribution in [0.4, 0.5) is 0 Å². The predicted octanol–water partition coefficient (Wildman–Crippen LogP) is 0.502. The number of allylic oxidation sites excluding steroid dienone is 1. The molecule has 0 radical (unpaired) electrons. The molecule has 0 aromatic heterocycles. The monoisotopic (exact) mass is 219 g/mol. The molecule has 82 valence electrons. The third kappa shape index (κ3) is 5.01. The highest BCUT2D eigenvalue weighted by atomic mass is 32.2.